The van der Waals surface area contributed by atoms with Crippen LogP contribution in [0.25, 0.3) is 0 Å². The minimum Gasteiger partial charge on any atom is -0.396 e. The Bertz CT molecular complexity index is 286. The van der Waals surface area contributed by atoms with Crippen molar-refractivity contribution in [3.05, 3.63) is 0 Å². The smallest absolute Gasteiger partial charge is 0.242 e. The van der Waals surface area contributed by atoms with Crippen LogP contribution in [0.15, 0.2) is 0 Å². The van der Waals surface area contributed by atoms with E-state index >= 15 is 0 Å². The summed E-state index contributed by atoms with van der Waals surface area (Å²) in [5.41, 5.74) is -0.470. The number of piperazine rings is 1. The minimum absolute atomic E-state index is 0.130. The third kappa shape index (κ3) is 4.16. The molecule has 5 nitrogen and oxygen atoms in total. The molecule has 0 aromatic carbocycles. The summed E-state index contributed by atoms with van der Waals surface area (Å²) in [7, 11) is 0. The maximum atomic E-state index is 12.8. The second kappa shape index (κ2) is 7.22. The molecule has 0 aromatic heterocycles. The Morgan fingerprint density at radius 1 is 1.37 bits per heavy atom. The van der Waals surface area contributed by atoms with E-state index in [9.17, 15) is 4.79 Å². The average molecular weight is 271 g/mol. The van der Waals surface area contributed by atoms with Crippen molar-refractivity contribution in [3.63, 3.8) is 0 Å². The Morgan fingerprint density at radius 3 is 2.42 bits per heavy atom. The van der Waals surface area contributed by atoms with Gasteiger partial charge in [0.05, 0.1) is 5.54 Å². The monoisotopic (exact) mass is 271 g/mol. The molecule has 1 amide bonds. The molecular formula is C14H29N3O2. The molecule has 1 heterocycles. The number of nitrogens with zero attached hydrogens (tertiary/aromatic N) is 2. The highest BCUT2D eigenvalue weighted by atomic mass is 16.3. The van der Waals surface area contributed by atoms with Gasteiger partial charge in [-0.25, -0.2) is 0 Å². The highest BCUT2D eigenvalue weighted by Gasteiger charge is 2.38. The van der Waals surface area contributed by atoms with Gasteiger partial charge >= 0.3 is 0 Å². The molecule has 0 spiro atoms. The summed E-state index contributed by atoms with van der Waals surface area (Å²) in [6.45, 7) is 12.5. The molecule has 0 unspecified atom stereocenters. The van der Waals surface area contributed by atoms with E-state index in [1.807, 2.05) is 32.6 Å². The molecule has 1 aliphatic rings. The Hall–Kier alpha value is -0.650. The van der Waals surface area contributed by atoms with Crippen LogP contribution in [0.3, 0.4) is 0 Å². The van der Waals surface area contributed by atoms with E-state index in [4.69, 9.17) is 5.11 Å². The molecule has 0 bridgehead atoms. The van der Waals surface area contributed by atoms with Gasteiger partial charge in [-0.1, -0.05) is 0 Å². The number of nitrogens with one attached hydrogen (secondary N) is 1. The Morgan fingerprint density at radius 2 is 1.95 bits per heavy atom. The van der Waals surface area contributed by atoms with Crippen molar-refractivity contribution in [3.8, 4) is 0 Å². The lowest BCUT2D eigenvalue weighted by Crippen LogP contribution is -2.61. The first-order chi connectivity index (χ1) is 8.91. The number of aliphatic hydroxyl groups is 1. The van der Waals surface area contributed by atoms with Gasteiger partial charge in [-0.3, -0.25) is 9.69 Å². The van der Waals surface area contributed by atoms with Crippen LogP contribution in [0.4, 0.5) is 0 Å². The van der Waals surface area contributed by atoms with Crippen molar-refractivity contribution < 1.29 is 9.90 Å². The highest BCUT2D eigenvalue weighted by molar-refractivity contribution is 5.85. The van der Waals surface area contributed by atoms with E-state index in [1.165, 1.54) is 0 Å². The van der Waals surface area contributed by atoms with E-state index in [0.29, 0.717) is 13.0 Å². The number of carbonyl (C=O) groups is 1. The molecule has 0 saturated carbocycles. The molecular weight excluding hydrogens is 242 g/mol. The van der Waals surface area contributed by atoms with Crippen LogP contribution in [0.2, 0.25) is 0 Å². The second-order valence-electron chi connectivity index (χ2n) is 5.97. The number of aliphatic hydroxyl groups excluding tert-OH is 1. The fraction of sp³-hybridized carbons (Fsp3) is 0.929. The van der Waals surface area contributed by atoms with Gasteiger partial charge in [0.25, 0.3) is 0 Å². The van der Waals surface area contributed by atoms with Crippen molar-refractivity contribution in [1.82, 2.24) is 15.1 Å². The SMILES string of the molecule is CC(C)N(CCCO)C(=O)C(C)(C)N1CCNCC1. The first-order valence-electron chi connectivity index (χ1n) is 7.29. The van der Waals surface area contributed by atoms with Crippen LogP contribution in [-0.2, 0) is 4.79 Å². The van der Waals surface area contributed by atoms with Gasteiger partial charge in [-0.15, -0.1) is 0 Å². The van der Waals surface area contributed by atoms with Crippen LogP contribution >= 0.6 is 0 Å². The highest BCUT2D eigenvalue weighted by Crippen LogP contribution is 2.20. The Labute approximate surface area is 117 Å². The van der Waals surface area contributed by atoms with E-state index in [2.05, 4.69) is 10.2 Å². The first-order valence-corrected chi connectivity index (χ1v) is 7.29. The van der Waals surface area contributed by atoms with E-state index in [1.54, 1.807) is 0 Å². The number of amides is 1. The predicted molar refractivity (Wildman–Crippen MR) is 77.1 cm³/mol. The van der Waals surface area contributed by atoms with E-state index in [-0.39, 0.29) is 18.6 Å². The van der Waals surface area contributed by atoms with Crippen LogP contribution < -0.4 is 5.32 Å². The second-order valence-corrected chi connectivity index (χ2v) is 5.97. The van der Waals surface area contributed by atoms with Crippen molar-refractivity contribution in [1.29, 1.82) is 0 Å². The van der Waals surface area contributed by atoms with Crippen molar-refractivity contribution >= 4 is 5.91 Å². The molecule has 19 heavy (non-hydrogen) atoms. The minimum atomic E-state index is -0.470. The molecule has 112 valence electrons. The average Bonchev–Trinajstić information content (AvgIpc) is 2.39. The van der Waals surface area contributed by atoms with Crippen molar-refractivity contribution in [2.24, 2.45) is 0 Å². The van der Waals surface area contributed by atoms with Crippen LogP contribution in [-0.4, -0.2) is 71.7 Å². The lowest BCUT2D eigenvalue weighted by molar-refractivity contribution is -0.145. The van der Waals surface area contributed by atoms with Crippen LogP contribution in [0.1, 0.15) is 34.1 Å². The number of rotatable bonds is 6. The van der Waals surface area contributed by atoms with Gasteiger partial charge in [0.2, 0.25) is 5.91 Å². The number of carbonyl (C=O) groups excluding carboxylic acids is 1. The zero-order valence-corrected chi connectivity index (χ0v) is 12.8. The third-order valence-electron chi connectivity index (χ3n) is 3.87. The standard InChI is InChI=1S/C14H29N3O2/c1-12(2)17(8-5-11-18)13(19)14(3,4)16-9-6-15-7-10-16/h12,15,18H,5-11H2,1-4H3. The quantitative estimate of drug-likeness (QED) is 0.729. The largest absolute Gasteiger partial charge is 0.396 e. The van der Waals surface area contributed by atoms with E-state index < -0.39 is 5.54 Å². The molecule has 0 radical (unpaired) electrons. The Balaban J connectivity index is 2.74. The zero-order valence-electron chi connectivity index (χ0n) is 12.8. The predicted octanol–water partition coefficient (Wildman–Crippen LogP) is 0.290. The lowest BCUT2D eigenvalue weighted by Gasteiger charge is -2.43. The van der Waals surface area contributed by atoms with Gasteiger partial charge in [-0.2, -0.15) is 0 Å². The van der Waals surface area contributed by atoms with Gasteiger partial charge < -0.3 is 15.3 Å². The summed E-state index contributed by atoms with van der Waals surface area (Å²) < 4.78 is 0. The molecule has 1 aliphatic heterocycles. The summed E-state index contributed by atoms with van der Waals surface area (Å²) in [6, 6.07) is 0.168. The molecule has 0 aromatic rings. The molecule has 5 heteroatoms. The number of hydrogen-bond acceptors (Lipinski definition) is 4. The third-order valence-corrected chi connectivity index (χ3v) is 3.87. The lowest BCUT2D eigenvalue weighted by atomic mass is 9.98. The summed E-state index contributed by atoms with van der Waals surface area (Å²) in [6.07, 6.45) is 0.640. The maximum Gasteiger partial charge on any atom is 0.242 e. The Kier molecular flexibility index (Phi) is 6.23. The normalized spacial score (nSPS) is 17.8. The van der Waals surface area contributed by atoms with Gasteiger partial charge in [0, 0.05) is 45.4 Å². The van der Waals surface area contributed by atoms with Gasteiger partial charge in [0.1, 0.15) is 0 Å². The fourth-order valence-electron chi connectivity index (χ4n) is 2.55. The number of hydrogen-bond donors (Lipinski definition) is 2. The maximum absolute atomic E-state index is 12.8. The molecule has 1 fully saturated rings. The molecule has 1 saturated heterocycles. The molecule has 0 aliphatic carbocycles. The van der Waals surface area contributed by atoms with Crippen molar-refractivity contribution in [2.45, 2.75) is 45.7 Å². The summed E-state index contributed by atoms with van der Waals surface area (Å²) in [5.74, 6) is 0.165. The van der Waals surface area contributed by atoms with Gasteiger partial charge in [-0.05, 0) is 34.1 Å². The van der Waals surface area contributed by atoms with Gasteiger partial charge in [0.15, 0.2) is 0 Å². The molecule has 0 atom stereocenters. The van der Waals surface area contributed by atoms with E-state index in [0.717, 1.165) is 26.2 Å². The van der Waals surface area contributed by atoms with Crippen LogP contribution in [0.5, 0.6) is 0 Å². The first kappa shape index (κ1) is 16.4. The summed E-state index contributed by atoms with van der Waals surface area (Å²) in [5, 5.41) is 12.3. The fourth-order valence-corrected chi connectivity index (χ4v) is 2.55. The van der Waals surface area contributed by atoms with Crippen molar-refractivity contribution in [2.75, 3.05) is 39.3 Å². The molecule has 2 N–H and O–H groups in total. The summed E-state index contributed by atoms with van der Waals surface area (Å²) in [4.78, 5) is 16.9. The topological polar surface area (TPSA) is 55.8 Å². The van der Waals surface area contributed by atoms with Crippen LogP contribution in [0, 0.1) is 0 Å². The zero-order chi connectivity index (χ0) is 14.5. The summed E-state index contributed by atoms with van der Waals surface area (Å²) >= 11 is 0. The molecule has 1 rings (SSSR count).